The molecule has 2 aromatic rings. The number of benzene rings is 2. The van der Waals surface area contributed by atoms with Gasteiger partial charge in [-0.15, -0.1) is 0 Å². The first kappa shape index (κ1) is 35.5. The monoisotopic (exact) mass is 560 g/mol. The zero-order valence-corrected chi connectivity index (χ0v) is 26.4. The maximum atomic E-state index is 10.4. The van der Waals surface area contributed by atoms with Gasteiger partial charge in [0.05, 0.1) is 13.2 Å². The topological polar surface area (TPSA) is 151 Å². The van der Waals surface area contributed by atoms with E-state index in [0.717, 1.165) is 35.1 Å². The van der Waals surface area contributed by atoms with Crippen LogP contribution >= 0.6 is 0 Å². The van der Waals surface area contributed by atoms with Crippen molar-refractivity contribution in [2.24, 2.45) is 0 Å². The van der Waals surface area contributed by atoms with Crippen LogP contribution in [0.15, 0.2) is 48.5 Å². The summed E-state index contributed by atoms with van der Waals surface area (Å²) in [7, 11) is -9.47. The van der Waals surface area contributed by atoms with Gasteiger partial charge in [0.15, 0.2) is 0 Å². The van der Waals surface area contributed by atoms with Crippen LogP contribution in [0.2, 0.25) is 0 Å². The van der Waals surface area contributed by atoms with Crippen molar-refractivity contribution in [1.29, 1.82) is 0 Å². The summed E-state index contributed by atoms with van der Waals surface area (Å²) in [5.41, 5.74) is 4.28. The fourth-order valence-corrected chi connectivity index (χ4v) is 3.82. The fraction of sp³-hybridized carbons (Fsp3) is 0.364. The van der Waals surface area contributed by atoms with Gasteiger partial charge in [-0.1, -0.05) is 38.1 Å². The van der Waals surface area contributed by atoms with E-state index in [4.69, 9.17) is 9.47 Å². The van der Waals surface area contributed by atoms with Crippen molar-refractivity contribution in [3.05, 3.63) is 59.7 Å². The minimum atomic E-state index is -4.74. The van der Waals surface area contributed by atoms with Crippen LogP contribution in [0.5, 0.6) is 11.5 Å². The predicted molar refractivity (Wildman–Crippen MR) is 123 cm³/mol. The largest absolute Gasteiger partial charge is 1.00 e. The zero-order valence-electron chi connectivity index (χ0n) is 20.8. The Labute approximate surface area is 256 Å². The molecule has 0 saturated heterocycles. The minimum Gasteiger partial charge on any atom is -0.726 e. The third-order valence-corrected chi connectivity index (χ3v) is 5.55. The van der Waals surface area contributed by atoms with E-state index in [1.54, 1.807) is 24.3 Å². The molecule has 36 heavy (non-hydrogen) atoms. The maximum Gasteiger partial charge on any atom is 1.00 e. The molecule has 188 valence electrons. The van der Waals surface area contributed by atoms with Gasteiger partial charge < -0.3 is 18.6 Å². The summed E-state index contributed by atoms with van der Waals surface area (Å²) in [5.74, 6) is 1.03. The predicted octanol–water partition coefficient (Wildman–Crippen LogP) is -2.86. The van der Waals surface area contributed by atoms with Gasteiger partial charge in [0, 0.05) is 0 Å². The maximum absolute atomic E-state index is 10.4. The Morgan fingerprint density at radius 1 is 0.611 bits per heavy atom. The van der Waals surface area contributed by atoms with Crippen molar-refractivity contribution < 1.29 is 103 Å². The molecular formula is C22H26Na2O10S2. The van der Waals surface area contributed by atoms with Crippen LogP contribution in [0.3, 0.4) is 0 Å². The van der Waals surface area contributed by atoms with E-state index in [0.29, 0.717) is 11.5 Å². The Morgan fingerprint density at radius 2 is 0.917 bits per heavy atom. The van der Waals surface area contributed by atoms with Crippen LogP contribution in [0.4, 0.5) is 0 Å². The van der Waals surface area contributed by atoms with Crippen molar-refractivity contribution in [2.45, 2.75) is 26.7 Å². The first-order valence-corrected chi connectivity index (χ1v) is 13.1. The molecule has 0 bridgehead atoms. The Bertz CT molecular complexity index is 1070. The molecule has 2 rings (SSSR count). The van der Waals surface area contributed by atoms with Crippen LogP contribution in [0.1, 0.15) is 37.8 Å². The third kappa shape index (κ3) is 13.4. The molecule has 0 aliphatic heterocycles. The van der Waals surface area contributed by atoms with E-state index in [9.17, 15) is 25.9 Å². The van der Waals surface area contributed by atoms with Crippen LogP contribution in [0.25, 0.3) is 11.1 Å². The van der Waals surface area contributed by atoms with Crippen LogP contribution < -0.4 is 68.6 Å². The van der Waals surface area contributed by atoms with Gasteiger partial charge in [-0.25, -0.2) is 16.8 Å². The van der Waals surface area contributed by atoms with Gasteiger partial charge in [-0.2, -0.15) is 0 Å². The molecule has 0 fully saturated rings. The molecule has 0 atom stereocenters. The Kier molecular flexibility index (Phi) is 16.9. The van der Waals surface area contributed by atoms with E-state index < -0.39 is 20.8 Å². The van der Waals surface area contributed by atoms with Crippen LogP contribution in [0, 0.1) is 0 Å². The molecule has 0 saturated carbocycles. The SMILES string of the molecule is CC/C(=C(/CC)c1ccc(OCCOS(=O)(=O)[O-])cc1)c1ccc(OCCOS(=O)(=O)[O-])cc1.[Na+].[Na+]. The molecule has 0 aromatic heterocycles. The second kappa shape index (κ2) is 17.2. The zero-order chi connectivity index (χ0) is 25.2. The molecule has 10 nitrogen and oxygen atoms in total. The third-order valence-electron chi connectivity index (χ3n) is 4.64. The summed E-state index contributed by atoms with van der Waals surface area (Å²) in [6.45, 7) is 3.22. The molecule has 0 radical (unpaired) electrons. The van der Waals surface area contributed by atoms with E-state index in [1.807, 2.05) is 24.3 Å². The molecule has 0 aliphatic carbocycles. The van der Waals surface area contributed by atoms with Gasteiger partial charge in [0.2, 0.25) is 20.8 Å². The number of hydrogen-bond acceptors (Lipinski definition) is 10. The van der Waals surface area contributed by atoms with Crippen LogP contribution in [-0.2, 0) is 29.2 Å². The second-order valence-corrected chi connectivity index (χ2v) is 8.97. The van der Waals surface area contributed by atoms with Crippen molar-refractivity contribution in [3.63, 3.8) is 0 Å². The fourth-order valence-electron chi connectivity index (χ4n) is 3.28. The number of ether oxygens (including phenoxy) is 2. The summed E-state index contributed by atoms with van der Waals surface area (Å²) < 4.78 is 81.6. The molecule has 0 spiro atoms. The molecule has 0 amide bonds. The smallest absolute Gasteiger partial charge is 0.726 e. The van der Waals surface area contributed by atoms with Crippen molar-refractivity contribution >= 4 is 31.9 Å². The average Bonchev–Trinajstić information content (AvgIpc) is 2.78. The second-order valence-electron chi connectivity index (χ2n) is 6.87. The van der Waals surface area contributed by atoms with Crippen molar-refractivity contribution in [2.75, 3.05) is 26.4 Å². The molecule has 0 aliphatic rings. The summed E-state index contributed by atoms with van der Waals surface area (Å²) in [6, 6.07) is 14.6. The average molecular weight is 561 g/mol. The molecule has 0 unspecified atom stereocenters. The number of allylic oxidation sites excluding steroid dienone is 2. The minimum absolute atomic E-state index is 0. The number of rotatable bonds is 14. The Morgan fingerprint density at radius 3 is 1.17 bits per heavy atom. The summed E-state index contributed by atoms with van der Waals surface area (Å²) >= 11 is 0. The van der Waals surface area contributed by atoms with E-state index in [2.05, 4.69) is 22.2 Å². The Hall–Kier alpha value is -0.480. The Balaban J connectivity index is 0.00000612. The summed E-state index contributed by atoms with van der Waals surface area (Å²) in [5, 5.41) is 0. The van der Waals surface area contributed by atoms with E-state index in [1.165, 1.54) is 0 Å². The van der Waals surface area contributed by atoms with Gasteiger partial charge in [-0.3, -0.25) is 8.37 Å². The quantitative estimate of drug-likeness (QED) is 0.0776. The van der Waals surface area contributed by atoms with Gasteiger partial charge in [0.25, 0.3) is 0 Å². The normalized spacial score (nSPS) is 12.1. The van der Waals surface area contributed by atoms with E-state index >= 15 is 0 Å². The van der Waals surface area contributed by atoms with Crippen molar-refractivity contribution in [1.82, 2.24) is 0 Å². The van der Waals surface area contributed by atoms with Gasteiger partial charge >= 0.3 is 59.1 Å². The first-order chi connectivity index (χ1) is 16.0. The molecule has 0 heterocycles. The first-order valence-electron chi connectivity index (χ1n) is 10.4. The molecule has 0 N–H and O–H groups in total. The molecule has 14 heteroatoms. The van der Waals surface area contributed by atoms with Crippen LogP contribution in [-0.4, -0.2) is 52.4 Å². The standard InChI is InChI=1S/C22H28O10S2.2Na/c1-3-21(17-5-9-19(10-6-17)29-13-15-31-33(23,24)25)22(4-2)18-7-11-20(12-8-18)30-14-16-32-34(26,27)28;;/h5-12H,3-4,13-16H2,1-2H3,(H,23,24,25)(H,26,27,28);;/q;2*+1/p-2/b22-21+;;. The summed E-state index contributed by atoms with van der Waals surface area (Å²) in [4.78, 5) is 0. The molecule has 2 aromatic carbocycles. The summed E-state index contributed by atoms with van der Waals surface area (Å²) in [6.07, 6.45) is 1.55. The number of hydrogen-bond donors (Lipinski definition) is 0. The van der Waals surface area contributed by atoms with Gasteiger partial charge in [0.1, 0.15) is 24.7 Å². The van der Waals surface area contributed by atoms with Gasteiger partial charge in [-0.05, 0) is 59.4 Å². The van der Waals surface area contributed by atoms with E-state index in [-0.39, 0.29) is 85.5 Å². The van der Waals surface area contributed by atoms with Crippen molar-refractivity contribution in [3.8, 4) is 11.5 Å². The molecular weight excluding hydrogens is 534 g/mol.